The second kappa shape index (κ2) is 8.25. The number of amides is 1. The van der Waals surface area contributed by atoms with Crippen LogP contribution in [-0.4, -0.2) is 64.8 Å². The van der Waals surface area contributed by atoms with Gasteiger partial charge in [-0.05, 0) is 19.9 Å². The zero-order chi connectivity index (χ0) is 22.2. The monoisotopic (exact) mass is 432 g/mol. The molecule has 0 radical (unpaired) electrons. The minimum atomic E-state index is -0.895. The normalized spacial score (nSPS) is 26.8. The van der Waals surface area contributed by atoms with E-state index in [4.69, 9.17) is 18.9 Å². The number of nitrogens with zero attached hydrogens (tertiary/aromatic N) is 2. The summed E-state index contributed by atoms with van der Waals surface area (Å²) in [7, 11) is 1.48. The number of hydrogen-bond donors (Lipinski definition) is 2. The van der Waals surface area contributed by atoms with Crippen LogP contribution in [0.3, 0.4) is 0 Å². The number of carbonyl (C=O) groups is 1. The van der Waals surface area contributed by atoms with Crippen molar-refractivity contribution in [1.82, 2.24) is 19.9 Å². The van der Waals surface area contributed by atoms with Crippen molar-refractivity contribution >= 4 is 5.91 Å². The molecule has 2 aromatic heterocycles. The molecular formula is C20H24N4O7. The number of aromatic nitrogens is 3. The maximum absolute atomic E-state index is 12.5. The lowest BCUT2D eigenvalue weighted by molar-refractivity contribution is -0.153. The van der Waals surface area contributed by atoms with Crippen molar-refractivity contribution in [1.29, 1.82) is 0 Å². The highest BCUT2D eigenvalue weighted by Gasteiger charge is 2.52. The van der Waals surface area contributed by atoms with Gasteiger partial charge in [-0.25, -0.2) is 9.78 Å². The van der Waals surface area contributed by atoms with Crippen molar-refractivity contribution in [2.45, 2.75) is 44.0 Å². The van der Waals surface area contributed by atoms with Gasteiger partial charge in [0.1, 0.15) is 18.3 Å². The molecule has 4 heterocycles. The SMILES string of the molecule is COc1cc(C(=O)NC[C@H]2OC[C@@H](n3ccc(=O)[nH]c3=O)[C@@H]3OC(C)(C)O[C@@H]32)ccn1. The largest absolute Gasteiger partial charge is 0.481 e. The first-order valence-corrected chi connectivity index (χ1v) is 9.84. The molecule has 2 saturated heterocycles. The van der Waals surface area contributed by atoms with Crippen LogP contribution in [0.4, 0.5) is 0 Å². The van der Waals surface area contributed by atoms with E-state index in [0.717, 1.165) is 0 Å². The summed E-state index contributed by atoms with van der Waals surface area (Å²) >= 11 is 0. The Morgan fingerprint density at radius 3 is 2.84 bits per heavy atom. The first-order valence-electron chi connectivity index (χ1n) is 9.84. The highest BCUT2D eigenvalue weighted by Crippen LogP contribution is 2.39. The molecule has 0 spiro atoms. The van der Waals surface area contributed by atoms with Crippen LogP contribution in [-0.2, 0) is 14.2 Å². The number of aromatic amines is 1. The Morgan fingerprint density at radius 1 is 1.32 bits per heavy atom. The first-order chi connectivity index (χ1) is 14.8. The number of hydrogen-bond acceptors (Lipinski definition) is 8. The van der Waals surface area contributed by atoms with E-state index in [1.165, 1.54) is 36.2 Å². The van der Waals surface area contributed by atoms with Gasteiger partial charge in [-0.2, -0.15) is 0 Å². The van der Waals surface area contributed by atoms with Gasteiger partial charge in [-0.1, -0.05) is 0 Å². The molecule has 0 aromatic carbocycles. The van der Waals surface area contributed by atoms with Crippen LogP contribution < -0.4 is 21.3 Å². The van der Waals surface area contributed by atoms with E-state index in [1.54, 1.807) is 19.9 Å². The van der Waals surface area contributed by atoms with E-state index in [9.17, 15) is 14.4 Å². The van der Waals surface area contributed by atoms with Crippen LogP contribution in [0.2, 0.25) is 0 Å². The van der Waals surface area contributed by atoms with E-state index >= 15 is 0 Å². The van der Waals surface area contributed by atoms with Crippen molar-refractivity contribution < 1.29 is 23.7 Å². The third kappa shape index (κ3) is 4.38. The van der Waals surface area contributed by atoms with Gasteiger partial charge in [0.15, 0.2) is 5.79 Å². The van der Waals surface area contributed by atoms with Gasteiger partial charge in [-0.3, -0.25) is 19.1 Å². The fourth-order valence-electron chi connectivity index (χ4n) is 3.87. The lowest BCUT2D eigenvalue weighted by atomic mass is 9.97. The third-order valence-corrected chi connectivity index (χ3v) is 5.27. The van der Waals surface area contributed by atoms with Gasteiger partial charge in [0.05, 0.1) is 19.8 Å². The van der Waals surface area contributed by atoms with Crippen LogP contribution >= 0.6 is 0 Å². The van der Waals surface area contributed by atoms with Crippen molar-refractivity contribution in [3.05, 3.63) is 57.0 Å². The average Bonchev–Trinajstić information content (AvgIpc) is 3.07. The van der Waals surface area contributed by atoms with Gasteiger partial charge in [0.25, 0.3) is 11.5 Å². The summed E-state index contributed by atoms with van der Waals surface area (Å²) in [6, 6.07) is 3.90. The van der Waals surface area contributed by atoms with Crippen LogP contribution in [0.1, 0.15) is 30.2 Å². The highest BCUT2D eigenvalue weighted by atomic mass is 16.8. The number of pyridine rings is 1. The molecule has 0 bridgehead atoms. The van der Waals surface area contributed by atoms with Gasteiger partial charge >= 0.3 is 5.69 Å². The topological polar surface area (TPSA) is 134 Å². The molecule has 0 saturated carbocycles. The number of ether oxygens (including phenoxy) is 4. The fraction of sp³-hybridized carbons (Fsp3) is 0.500. The number of nitrogens with one attached hydrogen (secondary N) is 2. The Labute approximate surface area is 177 Å². The molecule has 2 N–H and O–H groups in total. The molecule has 1 amide bonds. The maximum atomic E-state index is 12.5. The minimum Gasteiger partial charge on any atom is -0.481 e. The number of carbonyl (C=O) groups excluding carboxylic acids is 1. The first kappa shape index (κ1) is 21.2. The summed E-state index contributed by atoms with van der Waals surface area (Å²) in [5.74, 6) is -0.864. The Hall–Kier alpha value is -3.02. The van der Waals surface area contributed by atoms with E-state index in [-0.39, 0.29) is 19.1 Å². The summed E-state index contributed by atoms with van der Waals surface area (Å²) in [6.07, 6.45) is 1.38. The van der Waals surface area contributed by atoms with Gasteiger partial charge in [0.2, 0.25) is 5.88 Å². The predicted octanol–water partition coefficient (Wildman–Crippen LogP) is -0.170. The molecule has 0 aliphatic carbocycles. The third-order valence-electron chi connectivity index (χ3n) is 5.27. The molecule has 4 rings (SSSR count). The Balaban J connectivity index is 1.50. The predicted molar refractivity (Wildman–Crippen MR) is 107 cm³/mol. The minimum absolute atomic E-state index is 0.149. The lowest BCUT2D eigenvalue weighted by Gasteiger charge is -2.37. The quantitative estimate of drug-likeness (QED) is 0.665. The second-order valence-electron chi connectivity index (χ2n) is 7.82. The lowest BCUT2D eigenvalue weighted by Crippen LogP contribution is -2.54. The van der Waals surface area contributed by atoms with Crippen LogP contribution in [0.5, 0.6) is 5.88 Å². The zero-order valence-corrected chi connectivity index (χ0v) is 17.4. The molecule has 2 aliphatic rings. The van der Waals surface area contributed by atoms with Crippen LogP contribution in [0.15, 0.2) is 40.2 Å². The van der Waals surface area contributed by atoms with Gasteiger partial charge in [-0.15, -0.1) is 0 Å². The molecular weight excluding hydrogens is 408 g/mol. The van der Waals surface area contributed by atoms with E-state index in [0.29, 0.717) is 11.4 Å². The summed E-state index contributed by atoms with van der Waals surface area (Å²) in [4.78, 5) is 42.4. The standard InChI is InChI=1S/C20H24N4O7/c1-20(2)30-16-12(24-7-5-14(25)23-19(24)27)10-29-13(17(16)31-20)9-22-18(26)11-4-6-21-15(8-11)28-3/h4-8,12-13,16-17H,9-10H2,1-3H3,(H,22,26)(H,23,25,27)/t12-,13-,16+,17-/m1/s1. The number of H-pyrrole nitrogens is 1. The van der Waals surface area contributed by atoms with Crippen molar-refractivity contribution in [2.24, 2.45) is 0 Å². The van der Waals surface area contributed by atoms with Crippen molar-refractivity contribution in [2.75, 3.05) is 20.3 Å². The van der Waals surface area contributed by atoms with E-state index in [2.05, 4.69) is 15.3 Å². The van der Waals surface area contributed by atoms with Gasteiger partial charge in [0, 0.05) is 36.6 Å². The van der Waals surface area contributed by atoms with Crippen molar-refractivity contribution in [3.63, 3.8) is 0 Å². The Morgan fingerprint density at radius 2 is 2.10 bits per heavy atom. The molecule has 11 heteroatoms. The smallest absolute Gasteiger partial charge is 0.328 e. The molecule has 11 nitrogen and oxygen atoms in total. The Kier molecular flexibility index (Phi) is 5.65. The zero-order valence-electron chi connectivity index (χ0n) is 17.4. The van der Waals surface area contributed by atoms with E-state index < -0.39 is 41.4 Å². The molecule has 2 aliphatic heterocycles. The van der Waals surface area contributed by atoms with Crippen LogP contribution in [0.25, 0.3) is 0 Å². The fourth-order valence-corrected chi connectivity index (χ4v) is 3.87. The molecule has 4 atom stereocenters. The Bertz CT molecular complexity index is 1080. The summed E-state index contributed by atoms with van der Waals surface area (Å²) in [5.41, 5.74) is -0.626. The molecule has 0 unspecified atom stereocenters. The second-order valence-corrected chi connectivity index (χ2v) is 7.82. The molecule has 166 valence electrons. The van der Waals surface area contributed by atoms with Gasteiger partial charge < -0.3 is 24.3 Å². The molecule has 31 heavy (non-hydrogen) atoms. The number of methoxy groups -OCH3 is 1. The van der Waals surface area contributed by atoms with Crippen LogP contribution in [0, 0.1) is 0 Å². The van der Waals surface area contributed by atoms with Crippen molar-refractivity contribution in [3.8, 4) is 5.88 Å². The van der Waals surface area contributed by atoms with E-state index in [1.807, 2.05) is 0 Å². The number of fused-ring (bicyclic) bond motifs is 1. The molecule has 2 fully saturated rings. The average molecular weight is 432 g/mol. The number of rotatable bonds is 5. The summed E-state index contributed by atoms with van der Waals surface area (Å²) < 4.78 is 24.5. The maximum Gasteiger partial charge on any atom is 0.328 e. The molecule has 2 aromatic rings. The summed E-state index contributed by atoms with van der Waals surface area (Å²) in [5, 5.41) is 2.83. The highest BCUT2D eigenvalue weighted by molar-refractivity contribution is 5.94. The summed E-state index contributed by atoms with van der Waals surface area (Å²) in [6.45, 7) is 3.88.